The molecule has 0 aromatic heterocycles. The number of methoxy groups -OCH3 is 1. The molecule has 158 valence electrons. The van der Waals surface area contributed by atoms with Crippen molar-refractivity contribution in [3.05, 3.63) is 59.7 Å². The van der Waals surface area contributed by atoms with E-state index in [-0.39, 0.29) is 23.8 Å². The highest BCUT2D eigenvalue weighted by Crippen LogP contribution is 2.32. The number of nitrogens with zero attached hydrogens (tertiary/aromatic N) is 1. The van der Waals surface area contributed by atoms with Gasteiger partial charge in [-0.15, -0.1) is 0 Å². The maximum atomic E-state index is 12.8. The molecule has 1 saturated heterocycles. The van der Waals surface area contributed by atoms with E-state index in [0.29, 0.717) is 12.1 Å². The Morgan fingerprint density at radius 1 is 1.07 bits per heavy atom. The Morgan fingerprint density at radius 2 is 1.77 bits per heavy atom. The SMILES string of the molecule is COc1ccccc1C(CNC(=O)c1ccc(NC(=O)C2CC2)cc1)N1CCCC1. The molecule has 0 bridgehead atoms. The zero-order chi connectivity index (χ0) is 20.9. The van der Waals surface area contributed by atoms with Crippen LogP contribution in [0.3, 0.4) is 0 Å². The molecule has 1 aliphatic heterocycles. The largest absolute Gasteiger partial charge is 0.496 e. The third-order valence-corrected chi connectivity index (χ3v) is 5.90. The van der Waals surface area contributed by atoms with E-state index in [2.05, 4.69) is 21.6 Å². The van der Waals surface area contributed by atoms with Gasteiger partial charge < -0.3 is 15.4 Å². The number of ether oxygens (including phenoxy) is 1. The number of hydrogen-bond donors (Lipinski definition) is 2. The fraction of sp³-hybridized carbons (Fsp3) is 0.417. The van der Waals surface area contributed by atoms with Crippen molar-refractivity contribution in [1.29, 1.82) is 0 Å². The predicted octanol–water partition coefficient (Wildman–Crippen LogP) is 3.61. The van der Waals surface area contributed by atoms with Crippen molar-refractivity contribution in [2.24, 2.45) is 5.92 Å². The molecule has 2 amide bonds. The minimum Gasteiger partial charge on any atom is -0.496 e. The summed E-state index contributed by atoms with van der Waals surface area (Å²) in [4.78, 5) is 27.0. The van der Waals surface area contributed by atoms with Crippen molar-refractivity contribution < 1.29 is 14.3 Å². The van der Waals surface area contributed by atoms with E-state index in [4.69, 9.17) is 4.74 Å². The summed E-state index contributed by atoms with van der Waals surface area (Å²) < 4.78 is 5.57. The van der Waals surface area contributed by atoms with Crippen molar-refractivity contribution in [2.75, 3.05) is 32.1 Å². The number of likely N-dealkylation sites (tertiary alicyclic amines) is 1. The minimum atomic E-state index is -0.117. The molecule has 1 heterocycles. The second-order valence-corrected chi connectivity index (χ2v) is 8.05. The average Bonchev–Trinajstić information content (AvgIpc) is 3.50. The lowest BCUT2D eigenvalue weighted by Gasteiger charge is -2.29. The summed E-state index contributed by atoms with van der Waals surface area (Å²) in [7, 11) is 1.68. The van der Waals surface area contributed by atoms with Crippen LogP contribution in [0.1, 0.15) is 47.6 Å². The van der Waals surface area contributed by atoms with Crippen LogP contribution in [-0.2, 0) is 4.79 Å². The Hall–Kier alpha value is -2.86. The zero-order valence-electron chi connectivity index (χ0n) is 17.4. The molecule has 4 rings (SSSR count). The summed E-state index contributed by atoms with van der Waals surface area (Å²) >= 11 is 0. The second-order valence-electron chi connectivity index (χ2n) is 8.05. The molecule has 1 aliphatic carbocycles. The number of benzene rings is 2. The van der Waals surface area contributed by atoms with Gasteiger partial charge in [0.05, 0.1) is 13.2 Å². The second kappa shape index (κ2) is 9.30. The normalized spacial score (nSPS) is 17.4. The molecule has 2 N–H and O–H groups in total. The fourth-order valence-electron chi connectivity index (χ4n) is 4.02. The number of anilines is 1. The van der Waals surface area contributed by atoms with Crippen molar-refractivity contribution in [3.63, 3.8) is 0 Å². The maximum absolute atomic E-state index is 12.8. The van der Waals surface area contributed by atoms with E-state index in [1.807, 2.05) is 18.2 Å². The first-order valence-corrected chi connectivity index (χ1v) is 10.7. The monoisotopic (exact) mass is 407 g/mol. The lowest BCUT2D eigenvalue weighted by atomic mass is 10.0. The van der Waals surface area contributed by atoms with E-state index in [1.54, 1.807) is 31.4 Å². The van der Waals surface area contributed by atoms with Crippen LogP contribution in [0.15, 0.2) is 48.5 Å². The van der Waals surface area contributed by atoms with E-state index >= 15 is 0 Å². The third kappa shape index (κ3) is 4.82. The Kier molecular flexibility index (Phi) is 6.33. The van der Waals surface area contributed by atoms with Gasteiger partial charge in [-0.1, -0.05) is 18.2 Å². The number of hydrogen-bond acceptors (Lipinski definition) is 4. The van der Waals surface area contributed by atoms with Crippen LogP contribution in [0.25, 0.3) is 0 Å². The standard InChI is InChI=1S/C24H29N3O3/c1-30-22-7-3-2-6-20(22)21(27-14-4-5-15-27)16-25-23(28)17-10-12-19(13-11-17)26-24(29)18-8-9-18/h2-3,6-7,10-13,18,21H,4-5,8-9,14-16H2,1H3,(H,25,28)(H,26,29). The minimum absolute atomic E-state index is 0.0671. The Balaban J connectivity index is 1.41. The van der Waals surface area contributed by atoms with Gasteiger partial charge in [-0.05, 0) is 69.1 Å². The smallest absolute Gasteiger partial charge is 0.251 e. The molecular formula is C24H29N3O3. The van der Waals surface area contributed by atoms with Gasteiger partial charge in [0, 0.05) is 29.3 Å². The molecule has 6 heteroatoms. The van der Waals surface area contributed by atoms with Crippen LogP contribution in [0, 0.1) is 5.92 Å². The molecule has 2 fully saturated rings. The van der Waals surface area contributed by atoms with Crippen LogP contribution in [-0.4, -0.2) is 43.5 Å². The zero-order valence-corrected chi connectivity index (χ0v) is 17.4. The average molecular weight is 408 g/mol. The van der Waals surface area contributed by atoms with Crippen molar-refractivity contribution >= 4 is 17.5 Å². The van der Waals surface area contributed by atoms with Gasteiger partial charge in [0.15, 0.2) is 0 Å². The number of nitrogens with one attached hydrogen (secondary N) is 2. The van der Waals surface area contributed by atoms with Gasteiger partial charge >= 0.3 is 0 Å². The first-order valence-electron chi connectivity index (χ1n) is 10.7. The number of para-hydroxylation sites is 1. The maximum Gasteiger partial charge on any atom is 0.251 e. The molecule has 6 nitrogen and oxygen atoms in total. The van der Waals surface area contributed by atoms with E-state index in [9.17, 15) is 9.59 Å². The summed E-state index contributed by atoms with van der Waals surface area (Å²) in [5.41, 5.74) is 2.41. The Morgan fingerprint density at radius 3 is 2.43 bits per heavy atom. The van der Waals surface area contributed by atoms with Gasteiger partial charge in [0.25, 0.3) is 5.91 Å². The highest BCUT2D eigenvalue weighted by atomic mass is 16.5. The molecule has 1 atom stereocenters. The first kappa shape index (κ1) is 20.4. The van der Waals surface area contributed by atoms with Gasteiger partial charge in [-0.3, -0.25) is 14.5 Å². The lowest BCUT2D eigenvalue weighted by Crippen LogP contribution is -2.37. The van der Waals surface area contributed by atoms with E-state index in [0.717, 1.165) is 42.9 Å². The van der Waals surface area contributed by atoms with Gasteiger partial charge in [0.2, 0.25) is 5.91 Å². The Bertz CT molecular complexity index is 887. The number of carbonyl (C=O) groups is 2. The quantitative estimate of drug-likeness (QED) is 0.701. The summed E-state index contributed by atoms with van der Waals surface area (Å²) in [5, 5.41) is 5.99. The number of amides is 2. The molecular weight excluding hydrogens is 378 g/mol. The number of carbonyl (C=O) groups excluding carboxylic acids is 2. The topological polar surface area (TPSA) is 70.7 Å². The van der Waals surface area contributed by atoms with E-state index in [1.165, 1.54) is 12.8 Å². The Labute approximate surface area is 177 Å². The predicted molar refractivity (Wildman–Crippen MR) is 117 cm³/mol. The summed E-state index contributed by atoms with van der Waals surface area (Å²) in [6, 6.07) is 15.2. The summed E-state index contributed by atoms with van der Waals surface area (Å²) in [6.45, 7) is 2.56. The molecule has 30 heavy (non-hydrogen) atoms. The lowest BCUT2D eigenvalue weighted by molar-refractivity contribution is -0.117. The van der Waals surface area contributed by atoms with Crippen LogP contribution >= 0.6 is 0 Å². The van der Waals surface area contributed by atoms with Gasteiger partial charge in [-0.25, -0.2) is 0 Å². The van der Waals surface area contributed by atoms with Crippen LogP contribution in [0.2, 0.25) is 0 Å². The van der Waals surface area contributed by atoms with Crippen LogP contribution in [0.5, 0.6) is 5.75 Å². The molecule has 0 radical (unpaired) electrons. The molecule has 1 unspecified atom stereocenters. The van der Waals surface area contributed by atoms with Gasteiger partial charge in [0.1, 0.15) is 5.75 Å². The molecule has 2 aromatic rings. The molecule has 2 aliphatic rings. The summed E-state index contributed by atoms with van der Waals surface area (Å²) in [6.07, 6.45) is 4.29. The summed E-state index contributed by atoms with van der Waals surface area (Å²) in [5.74, 6) is 0.955. The van der Waals surface area contributed by atoms with Crippen molar-refractivity contribution in [2.45, 2.75) is 31.7 Å². The molecule has 2 aromatic carbocycles. The fourth-order valence-corrected chi connectivity index (χ4v) is 4.02. The third-order valence-electron chi connectivity index (χ3n) is 5.90. The van der Waals surface area contributed by atoms with Gasteiger partial charge in [-0.2, -0.15) is 0 Å². The molecule has 0 spiro atoms. The van der Waals surface area contributed by atoms with Crippen LogP contribution in [0.4, 0.5) is 5.69 Å². The van der Waals surface area contributed by atoms with Crippen molar-refractivity contribution in [1.82, 2.24) is 10.2 Å². The van der Waals surface area contributed by atoms with Crippen molar-refractivity contribution in [3.8, 4) is 5.75 Å². The highest BCUT2D eigenvalue weighted by Gasteiger charge is 2.29. The number of rotatable bonds is 8. The van der Waals surface area contributed by atoms with E-state index < -0.39 is 0 Å². The molecule has 1 saturated carbocycles. The highest BCUT2D eigenvalue weighted by molar-refractivity contribution is 5.96. The van der Waals surface area contributed by atoms with Crippen LogP contribution < -0.4 is 15.4 Å². The first-order chi connectivity index (χ1) is 14.7.